The average Bonchev–Trinajstić information content (AvgIpc) is 2.24. The Morgan fingerprint density at radius 1 is 1.40 bits per heavy atom. The summed E-state index contributed by atoms with van der Waals surface area (Å²) in [6.07, 6.45) is 0. The Morgan fingerprint density at radius 2 is 2.00 bits per heavy atom. The Balaban J connectivity index is 3.16. The van der Waals surface area contributed by atoms with Crippen molar-refractivity contribution in [3.05, 3.63) is 34.9 Å². The molecule has 3 nitrogen and oxygen atoms in total. The maximum absolute atomic E-state index is 13.3. The van der Waals surface area contributed by atoms with Gasteiger partial charge in [0.15, 0.2) is 11.6 Å². The van der Waals surface area contributed by atoms with Crippen LogP contribution >= 0.6 is 0 Å². The minimum absolute atomic E-state index is 0.160. The van der Waals surface area contributed by atoms with E-state index in [1.807, 2.05) is 0 Å². The van der Waals surface area contributed by atoms with Crippen LogP contribution in [0.4, 0.5) is 8.78 Å². The summed E-state index contributed by atoms with van der Waals surface area (Å²) in [6.45, 7) is 1.42. The molecule has 1 rings (SSSR count). The number of ether oxygens (including phenoxy) is 1. The van der Waals surface area contributed by atoms with Crippen molar-refractivity contribution in [2.24, 2.45) is 5.73 Å². The number of carbonyl (C=O) groups excluding carboxylic acids is 1. The Kier molecular flexibility index (Phi) is 3.36. The lowest BCUT2D eigenvalue weighted by molar-refractivity contribution is -0.142. The summed E-state index contributed by atoms with van der Waals surface area (Å²) >= 11 is 0. The highest BCUT2D eigenvalue weighted by molar-refractivity contribution is 5.77. The number of carbonyl (C=O) groups is 1. The van der Waals surface area contributed by atoms with Crippen molar-refractivity contribution in [1.29, 1.82) is 0 Å². The van der Waals surface area contributed by atoms with Crippen molar-refractivity contribution >= 4 is 5.97 Å². The number of rotatable bonds is 2. The molecule has 5 heteroatoms. The number of esters is 1. The van der Waals surface area contributed by atoms with Gasteiger partial charge in [0.25, 0.3) is 0 Å². The molecular formula is C10H11F2NO2. The molecule has 0 saturated heterocycles. The fourth-order valence-electron chi connectivity index (χ4n) is 1.16. The zero-order chi connectivity index (χ0) is 11.6. The maximum Gasteiger partial charge on any atom is 0.327 e. The van der Waals surface area contributed by atoms with Gasteiger partial charge in [0.2, 0.25) is 0 Å². The van der Waals surface area contributed by atoms with Crippen molar-refractivity contribution in [3.8, 4) is 0 Å². The summed E-state index contributed by atoms with van der Waals surface area (Å²) in [4.78, 5) is 11.0. The van der Waals surface area contributed by atoms with Gasteiger partial charge in [-0.25, -0.2) is 8.78 Å². The molecule has 82 valence electrons. The standard InChI is InChI=1S/C10H11F2NO2/c1-5-3-4-6(8(12)7(5)11)9(13)10(14)15-2/h3-4,9H,13H2,1-2H3/t9-/m0/s1. The molecule has 0 amide bonds. The molecule has 2 N–H and O–H groups in total. The van der Waals surface area contributed by atoms with Gasteiger partial charge in [-0.1, -0.05) is 12.1 Å². The molecule has 0 unspecified atom stereocenters. The number of aryl methyl sites for hydroxylation is 1. The van der Waals surface area contributed by atoms with Gasteiger partial charge in [-0.2, -0.15) is 0 Å². The van der Waals surface area contributed by atoms with Gasteiger partial charge in [-0.15, -0.1) is 0 Å². The number of nitrogens with two attached hydrogens (primary N) is 1. The lowest BCUT2D eigenvalue weighted by Crippen LogP contribution is -2.24. The first-order chi connectivity index (χ1) is 6.99. The largest absolute Gasteiger partial charge is 0.468 e. The van der Waals surface area contributed by atoms with E-state index in [4.69, 9.17) is 5.73 Å². The van der Waals surface area contributed by atoms with Crippen LogP contribution in [0.15, 0.2) is 12.1 Å². The smallest absolute Gasteiger partial charge is 0.327 e. The molecule has 0 aliphatic heterocycles. The summed E-state index contributed by atoms with van der Waals surface area (Å²) in [6, 6.07) is 1.33. The number of benzene rings is 1. The van der Waals surface area contributed by atoms with E-state index in [0.29, 0.717) is 0 Å². The third-order valence-electron chi connectivity index (χ3n) is 2.10. The van der Waals surface area contributed by atoms with E-state index in [2.05, 4.69) is 4.74 Å². The van der Waals surface area contributed by atoms with Crippen molar-refractivity contribution in [2.45, 2.75) is 13.0 Å². The minimum Gasteiger partial charge on any atom is -0.468 e. The van der Waals surface area contributed by atoms with E-state index in [-0.39, 0.29) is 11.1 Å². The minimum atomic E-state index is -1.30. The summed E-state index contributed by atoms with van der Waals surface area (Å²) in [7, 11) is 1.13. The molecule has 0 aliphatic rings. The normalized spacial score (nSPS) is 12.3. The van der Waals surface area contributed by atoms with E-state index < -0.39 is 23.6 Å². The highest BCUT2D eigenvalue weighted by Crippen LogP contribution is 2.20. The molecule has 0 aromatic heterocycles. The first kappa shape index (κ1) is 11.6. The van der Waals surface area contributed by atoms with Crippen LogP contribution in [0.2, 0.25) is 0 Å². The third-order valence-corrected chi connectivity index (χ3v) is 2.10. The lowest BCUT2D eigenvalue weighted by atomic mass is 10.0. The van der Waals surface area contributed by atoms with Crippen molar-refractivity contribution < 1.29 is 18.3 Å². The van der Waals surface area contributed by atoms with Crippen LogP contribution in [0.5, 0.6) is 0 Å². The van der Waals surface area contributed by atoms with Gasteiger partial charge in [-0.3, -0.25) is 4.79 Å². The third kappa shape index (κ3) is 2.12. The summed E-state index contributed by atoms with van der Waals surface area (Å²) in [5, 5.41) is 0. The van der Waals surface area contributed by atoms with E-state index in [1.54, 1.807) is 0 Å². The van der Waals surface area contributed by atoms with Crippen LogP contribution in [0, 0.1) is 18.6 Å². The lowest BCUT2D eigenvalue weighted by Gasteiger charge is -2.11. The van der Waals surface area contributed by atoms with Crippen molar-refractivity contribution in [1.82, 2.24) is 0 Å². The molecule has 1 aromatic carbocycles. The van der Waals surface area contributed by atoms with Gasteiger partial charge in [-0.05, 0) is 12.5 Å². The molecule has 0 bridgehead atoms. The fourth-order valence-corrected chi connectivity index (χ4v) is 1.16. The molecule has 0 heterocycles. The first-order valence-corrected chi connectivity index (χ1v) is 4.27. The zero-order valence-electron chi connectivity index (χ0n) is 8.38. The molecule has 0 radical (unpaired) electrons. The number of hydrogen-bond donors (Lipinski definition) is 1. The van der Waals surface area contributed by atoms with Crippen LogP contribution in [0.3, 0.4) is 0 Å². The predicted octanol–water partition coefficient (Wildman–Crippen LogP) is 1.45. The predicted molar refractivity (Wildman–Crippen MR) is 50.0 cm³/mol. The average molecular weight is 215 g/mol. The van der Waals surface area contributed by atoms with Crippen LogP contribution in [-0.4, -0.2) is 13.1 Å². The number of methoxy groups -OCH3 is 1. The van der Waals surface area contributed by atoms with Gasteiger partial charge < -0.3 is 10.5 Å². The quantitative estimate of drug-likeness (QED) is 0.759. The second-order valence-electron chi connectivity index (χ2n) is 3.10. The Hall–Kier alpha value is -1.49. The topological polar surface area (TPSA) is 52.3 Å². The van der Waals surface area contributed by atoms with Gasteiger partial charge >= 0.3 is 5.97 Å². The number of halogens is 2. The molecular weight excluding hydrogens is 204 g/mol. The molecule has 0 fully saturated rings. The highest BCUT2D eigenvalue weighted by Gasteiger charge is 2.22. The van der Waals surface area contributed by atoms with Crippen LogP contribution in [0.25, 0.3) is 0 Å². The van der Waals surface area contributed by atoms with Gasteiger partial charge in [0.05, 0.1) is 7.11 Å². The monoisotopic (exact) mass is 215 g/mol. The summed E-state index contributed by atoms with van der Waals surface area (Å²) in [5.74, 6) is -2.91. The molecule has 0 aliphatic carbocycles. The van der Waals surface area contributed by atoms with Gasteiger partial charge in [0, 0.05) is 5.56 Å². The Labute approximate surface area is 85.8 Å². The van der Waals surface area contributed by atoms with E-state index >= 15 is 0 Å². The van der Waals surface area contributed by atoms with Crippen molar-refractivity contribution in [2.75, 3.05) is 7.11 Å². The summed E-state index contributed by atoms with van der Waals surface area (Å²) in [5.41, 5.74) is 5.34. The SMILES string of the molecule is COC(=O)[C@@H](N)c1ccc(C)c(F)c1F. The van der Waals surface area contributed by atoms with Gasteiger partial charge in [0.1, 0.15) is 6.04 Å². The van der Waals surface area contributed by atoms with Crippen molar-refractivity contribution in [3.63, 3.8) is 0 Å². The maximum atomic E-state index is 13.3. The van der Waals surface area contributed by atoms with E-state index in [1.165, 1.54) is 19.1 Å². The van der Waals surface area contributed by atoms with E-state index in [9.17, 15) is 13.6 Å². The fraction of sp³-hybridized carbons (Fsp3) is 0.300. The van der Waals surface area contributed by atoms with Crippen LogP contribution in [0.1, 0.15) is 17.2 Å². The second-order valence-corrected chi connectivity index (χ2v) is 3.10. The molecule has 15 heavy (non-hydrogen) atoms. The highest BCUT2D eigenvalue weighted by atomic mass is 19.2. The molecule has 1 atom stereocenters. The molecule has 1 aromatic rings. The zero-order valence-corrected chi connectivity index (χ0v) is 8.38. The van der Waals surface area contributed by atoms with Crippen LogP contribution < -0.4 is 5.73 Å². The molecule has 0 saturated carbocycles. The Bertz CT molecular complexity index is 393. The second kappa shape index (κ2) is 4.35. The van der Waals surface area contributed by atoms with Crippen LogP contribution in [-0.2, 0) is 9.53 Å². The first-order valence-electron chi connectivity index (χ1n) is 4.27. The Morgan fingerprint density at radius 3 is 2.53 bits per heavy atom. The summed E-state index contributed by atoms with van der Waals surface area (Å²) < 4.78 is 30.8. The number of hydrogen-bond acceptors (Lipinski definition) is 3. The molecule has 0 spiro atoms. The van der Waals surface area contributed by atoms with E-state index in [0.717, 1.165) is 7.11 Å².